The lowest BCUT2D eigenvalue weighted by Gasteiger charge is -2.28. The number of rotatable bonds is 4. The van der Waals surface area contributed by atoms with Crippen LogP contribution in [0.1, 0.15) is 95.1 Å². The molecule has 0 heterocycles. The van der Waals surface area contributed by atoms with Crippen molar-refractivity contribution < 1.29 is 0 Å². The van der Waals surface area contributed by atoms with Gasteiger partial charge in [-0.3, -0.25) is 0 Å². The van der Waals surface area contributed by atoms with Gasteiger partial charge in [0.25, 0.3) is 0 Å². The van der Waals surface area contributed by atoms with Gasteiger partial charge < -0.3 is 0 Å². The van der Waals surface area contributed by atoms with E-state index in [1.165, 1.54) is 69.8 Å². The summed E-state index contributed by atoms with van der Waals surface area (Å²) in [6, 6.07) is 9.08. The molecule has 0 saturated heterocycles. The minimum atomic E-state index is 0.755. The second kappa shape index (κ2) is 10.0. The van der Waals surface area contributed by atoms with Gasteiger partial charge in [-0.05, 0) is 86.0 Å². The molecule has 0 amide bonds. The first kappa shape index (κ1) is 19.3. The van der Waals surface area contributed by atoms with Crippen molar-refractivity contribution in [1.82, 2.24) is 0 Å². The van der Waals surface area contributed by atoms with Crippen molar-refractivity contribution in [2.75, 3.05) is 0 Å². The van der Waals surface area contributed by atoms with Gasteiger partial charge in [-0.25, -0.2) is 0 Å². The maximum absolute atomic E-state index is 3.31. The number of hydrogen-bond acceptors (Lipinski definition) is 0. The number of allylic oxidation sites excluding steroid dienone is 2. The molecule has 26 heavy (non-hydrogen) atoms. The van der Waals surface area contributed by atoms with Crippen LogP contribution in [-0.4, -0.2) is 0 Å². The molecule has 0 spiro atoms. The van der Waals surface area contributed by atoms with Crippen LogP contribution in [0.2, 0.25) is 0 Å². The first-order chi connectivity index (χ1) is 12.7. The van der Waals surface area contributed by atoms with Gasteiger partial charge in [-0.15, -0.1) is 0 Å². The van der Waals surface area contributed by atoms with Gasteiger partial charge in [0.15, 0.2) is 0 Å². The molecule has 140 valence electrons. The topological polar surface area (TPSA) is 0 Å². The summed E-state index contributed by atoms with van der Waals surface area (Å²) < 4.78 is 0. The van der Waals surface area contributed by atoms with Crippen LogP contribution in [0.15, 0.2) is 36.4 Å². The van der Waals surface area contributed by atoms with Crippen LogP contribution < -0.4 is 0 Å². The highest BCUT2D eigenvalue weighted by atomic mass is 14.3. The van der Waals surface area contributed by atoms with E-state index >= 15 is 0 Å². The molecule has 3 rings (SSSR count). The molecule has 1 aromatic rings. The van der Waals surface area contributed by atoms with Crippen molar-refractivity contribution in [1.29, 1.82) is 0 Å². The Labute approximate surface area is 161 Å². The lowest BCUT2D eigenvalue weighted by Crippen LogP contribution is -2.13. The summed E-state index contributed by atoms with van der Waals surface area (Å²) in [5.74, 6) is 10.00. The maximum Gasteiger partial charge on any atom is 0.0249 e. The van der Waals surface area contributed by atoms with Crippen LogP contribution in [0.4, 0.5) is 0 Å². The van der Waals surface area contributed by atoms with Crippen molar-refractivity contribution in [2.24, 2.45) is 17.8 Å². The summed E-state index contributed by atoms with van der Waals surface area (Å²) in [5, 5.41) is 0. The molecule has 0 N–H and O–H groups in total. The average molecular weight is 349 g/mol. The Kier molecular flexibility index (Phi) is 7.43. The molecule has 0 aromatic heterocycles. The van der Waals surface area contributed by atoms with Crippen LogP contribution in [0.3, 0.4) is 0 Å². The first-order valence-corrected chi connectivity index (χ1v) is 11.0. The summed E-state index contributed by atoms with van der Waals surface area (Å²) in [6.45, 7) is 4.69. The van der Waals surface area contributed by atoms with Crippen LogP contribution >= 0.6 is 0 Å². The average Bonchev–Trinajstić information content (AvgIpc) is 2.68. The standard InChI is InChI=1S/C26H36/c1-3-6-22-13-17-25(18-14-22)26-19-15-24(16-20-26)8-5-4-7-23-11-9-21(2)10-12-23/h4,7,15-16,19-23,25H,3,6,9-14,17-18H2,1-2H3. The molecule has 2 aliphatic carbocycles. The molecular formula is C26H36. The number of benzene rings is 1. The highest BCUT2D eigenvalue weighted by Gasteiger charge is 2.21. The monoisotopic (exact) mass is 348 g/mol. The van der Waals surface area contributed by atoms with E-state index in [1.54, 1.807) is 0 Å². The Balaban J connectivity index is 1.48. The van der Waals surface area contributed by atoms with Crippen LogP contribution in [0, 0.1) is 29.6 Å². The van der Waals surface area contributed by atoms with Gasteiger partial charge in [0, 0.05) is 5.56 Å². The van der Waals surface area contributed by atoms with Crippen molar-refractivity contribution in [3.8, 4) is 11.8 Å². The van der Waals surface area contributed by atoms with E-state index in [2.05, 4.69) is 62.1 Å². The fraction of sp³-hybridized carbons (Fsp3) is 0.615. The van der Waals surface area contributed by atoms with E-state index in [4.69, 9.17) is 0 Å². The number of hydrogen-bond donors (Lipinski definition) is 0. The molecule has 0 nitrogen and oxygen atoms in total. The third kappa shape index (κ3) is 5.77. The zero-order chi connectivity index (χ0) is 18.2. The smallest absolute Gasteiger partial charge is 0.0249 e. The van der Waals surface area contributed by atoms with Crippen LogP contribution in [0.5, 0.6) is 0 Å². The van der Waals surface area contributed by atoms with E-state index in [0.29, 0.717) is 0 Å². The van der Waals surface area contributed by atoms with E-state index in [1.807, 2.05) is 0 Å². The summed E-state index contributed by atoms with van der Waals surface area (Å²) in [4.78, 5) is 0. The van der Waals surface area contributed by atoms with E-state index in [9.17, 15) is 0 Å². The Morgan fingerprint density at radius 3 is 2.27 bits per heavy atom. The summed E-state index contributed by atoms with van der Waals surface area (Å²) in [6.07, 6.45) is 18.2. The zero-order valence-electron chi connectivity index (χ0n) is 16.8. The summed E-state index contributed by atoms with van der Waals surface area (Å²) in [5.41, 5.74) is 2.67. The van der Waals surface area contributed by atoms with Gasteiger partial charge in [-0.1, -0.05) is 69.6 Å². The molecular weight excluding hydrogens is 312 g/mol. The molecule has 0 bridgehead atoms. The summed E-state index contributed by atoms with van der Waals surface area (Å²) in [7, 11) is 0. The predicted octanol–water partition coefficient (Wildman–Crippen LogP) is 7.49. The quantitative estimate of drug-likeness (QED) is 0.494. The van der Waals surface area contributed by atoms with E-state index in [-0.39, 0.29) is 0 Å². The normalized spacial score (nSPS) is 29.3. The van der Waals surface area contributed by atoms with Gasteiger partial charge in [-0.2, -0.15) is 0 Å². The third-order valence-electron chi connectivity index (χ3n) is 6.65. The van der Waals surface area contributed by atoms with Gasteiger partial charge in [0.05, 0.1) is 0 Å². The van der Waals surface area contributed by atoms with Crippen molar-refractivity contribution in [2.45, 2.75) is 84.0 Å². The van der Waals surface area contributed by atoms with Gasteiger partial charge >= 0.3 is 0 Å². The van der Waals surface area contributed by atoms with Crippen molar-refractivity contribution in [3.05, 3.63) is 47.5 Å². The molecule has 1 aromatic carbocycles. The largest absolute Gasteiger partial charge is 0.0730 e. The van der Waals surface area contributed by atoms with Crippen molar-refractivity contribution in [3.63, 3.8) is 0 Å². The Morgan fingerprint density at radius 1 is 0.923 bits per heavy atom. The highest BCUT2D eigenvalue weighted by molar-refractivity contribution is 5.39. The minimum Gasteiger partial charge on any atom is -0.0730 e. The van der Waals surface area contributed by atoms with Crippen LogP contribution in [-0.2, 0) is 0 Å². The SMILES string of the molecule is CCCC1CCC(c2ccc(C#CC=CC3CCC(C)CC3)cc2)CC1. The lowest BCUT2D eigenvalue weighted by molar-refractivity contribution is 0.308. The molecule has 0 radical (unpaired) electrons. The van der Waals surface area contributed by atoms with Gasteiger partial charge in [0.1, 0.15) is 0 Å². The highest BCUT2D eigenvalue weighted by Crippen LogP contribution is 2.37. The lowest BCUT2D eigenvalue weighted by atomic mass is 9.77. The second-order valence-corrected chi connectivity index (χ2v) is 8.78. The molecule has 2 fully saturated rings. The summed E-state index contributed by atoms with van der Waals surface area (Å²) >= 11 is 0. The molecule has 0 unspecified atom stereocenters. The molecule has 0 heteroatoms. The predicted molar refractivity (Wildman–Crippen MR) is 113 cm³/mol. The Morgan fingerprint density at radius 2 is 1.62 bits per heavy atom. The maximum atomic E-state index is 3.31. The molecule has 0 aliphatic heterocycles. The fourth-order valence-electron chi connectivity index (χ4n) is 4.82. The Bertz CT molecular complexity index is 608. The first-order valence-electron chi connectivity index (χ1n) is 11.0. The Hall–Kier alpha value is -1.48. The second-order valence-electron chi connectivity index (χ2n) is 8.78. The molecule has 2 aliphatic rings. The van der Waals surface area contributed by atoms with Crippen molar-refractivity contribution >= 4 is 0 Å². The van der Waals surface area contributed by atoms with Crippen LogP contribution in [0.25, 0.3) is 0 Å². The molecule has 0 atom stereocenters. The van der Waals surface area contributed by atoms with E-state index in [0.717, 1.165) is 29.2 Å². The fourth-order valence-corrected chi connectivity index (χ4v) is 4.82. The third-order valence-corrected chi connectivity index (χ3v) is 6.65. The van der Waals surface area contributed by atoms with E-state index < -0.39 is 0 Å². The van der Waals surface area contributed by atoms with Gasteiger partial charge in [0.2, 0.25) is 0 Å². The zero-order valence-corrected chi connectivity index (χ0v) is 16.8. The minimum absolute atomic E-state index is 0.755. The molecule has 2 saturated carbocycles.